The maximum atomic E-state index is 12.4. The zero-order chi connectivity index (χ0) is 14.2. The number of ketones is 1. The lowest BCUT2D eigenvalue weighted by Crippen LogP contribution is -2.41. The van der Waals surface area contributed by atoms with E-state index >= 15 is 0 Å². The maximum Gasteiger partial charge on any atom is 0.165 e. The van der Waals surface area contributed by atoms with Crippen LogP contribution in [0.2, 0.25) is 0 Å². The number of rotatable bonds is 4. The van der Waals surface area contributed by atoms with Crippen molar-refractivity contribution in [1.29, 1.82) is 0 Å². The normalized spacial score (nSPS) is 16.9. The number of Topliss-reactive ketones (excluding diaryl/α,β-unsaturated/α-hetero) is 1. The Morgan fingerprint density at radius 1 is 1.30 bits per heavy atom. The molecule has 0 saturated heterocycles. The van der Waals surface area contributed by atoms with Crippen molar-refractivity contribution in [3.05, 3.63) is 41.6 Å². The summed E-state index contributed by atoms with van der Waals surface area (Å²) >= 11 is 0. The molecule has 1 fully saturated rings. The number of methoxy groups -OCH3 is 1. The number of aryl methyl sites for hydroxylation is 1. The topological polar surface area (TPSA) is 39.2 Å². The van der Waals surface area contributed by atoms with Gasteiger partial charge in [-0.1, -0.05) is 6.07 Å². The third-order valence-corrected chi connectivity index (χ3v) is 4.33. The van der Waals surface area contributed by atoms with Gasteiger partial charge in [-0.3, -0.25) is 9.78 Å². The van der Waals surface area contributed by atoms with Gasteiger partial charge in [-0.05, 0) is 50.5 Å². The SMILES string of the molecule is COC1(CC(=O)c2ccc3nc(C)ccc3c2)CCC1. The third-order valence-electron chi connectivity index (χ3n) is 4.33. The largest absolute Gasteiger partial charge is 0.378 e. The van der Waals surface area contributed by atoms with Crippen molar-refractivity contribution in [2.45, 2.75) is 38.2 Å². The van der Waals surface area contributed by atoms with Crippen LogP contribution in [0.3, 0.4) is 0 Å². The number of aromatic nitrogens is 1. The number of pyridine rings is 1. The van der Waals surface area contributed by atoms with Crippen LogP contribution < -0.4 is 0 Å². The lowest BCUT2D eigenvalue weighted by atomic mass is 9.76. The first-order chi connectivity index (χ1) is 9.62. The Balaban J connectivity index is 1.86. The number of carbonyl (C=O) groups excluding carboxylic acids is 1. The Morgan fingerprint density at radius 2 is 2.10 bits per heavy atom. The summed E-state index contributed by atoms with van der Waals surface area (Å²) in [7, 11) is 1.71. The number of hydrogen-bond acceptors (Lipinski definition) is 3. The number of carbonyl (C=O) groups is 1. The van der Waals surface area contributed by atoms with Crippen molar-refractivity contribution in [3.8, 4) is 0 Å². The molecule has 0 N–H and O–H groups in total. The van der Waals surface area contributed by atoms with Gasteiger partial charge in [0.25, 0.3) is 0 Å². The Hall–Kier alpha value is -1.74. The van der Waals surface area contributed by atoms with Crippen LogP contribution in [0, 0.1) is 6.92 Å². The smallest absolute Gasteiger partial charge is 0.165 e. The van der Waals surface area contributed by atoms with Crippen LogP contribution in [0.4, 0.5) is 0 Å². The van der Waals surface area contributed by atoms with Crippen molar-refractivity contribution in [1.82, 2.24) is 4.98 Å². The second-order valence-corrected chi connectivity index (χ2v) is 5.70. The molecule has 0 atom stereocenters. The lowest BCUT2D eigenvalue weighted by molar-refractivity contribution is -0.0704. The highest BCUT2D eigenvalue weighted by atomic mass is 16.5. The number of fused-ring (bicyclic) bond motifs is 1. The number of hydrogen-bond donors (Lipinski definition) is 0. The van der Waals surface area contributed by atoms with Gasteiger partial charge in [-0.25, -0.2) is 0 Å². The minimum absolute atomic E-state index is 0.161. The lowest BCUT2D eigenvalue weighted by Gasteiger charge is -2.40. The molecule has 1 heterocycles. The molecule has 3 rings (SSSR count). The molecule has 20 heavy (non-hydrogen) atoms. The molecule has 104 valence electrons. The van der Waals surface area contributed by atoms with Gasteiger partial charge in [0.1, 0.15) is 0 Å². The molecule has 1 aliphatic carbocycles. The average Bonchev–Trinajstić information content (AvgIpc) is 2.42. The summed E-state index contributed by atoms with van der Waals surface area (Å²) < 4.78 is 5.54. The van der Waals surface area contributed by atoms with Gasteiger partial charge in [0.05, 0.1) is 11.1 Å². The zero-order valence-electron chi connectivity index (χ0n) is 12.0. The summed E-state index contributed by atoms with van der Waals surface area (Å²) in [5.41, 5.74) is 2.47. The van der Waals surface area contributed by atoms with E-state index < -0.39 is 0 Å². The highest BCUT2D eigenvalue weighted by Gasteiger charge is 2.39. The predicted octanol–water partition coefficient (Wildman–Crippen LogP) is 3.69. The molecule has 0 spiro atoms. The van der Waals surface area contributed by atoms with E-state index in [1.54, 1.807) is 7.11 Å². The fourth-order valence-electron chi connectivity index (χ4n) is 2.82. The Morgan fingerprint density at radius 3 is 2.75 bits per heavy atom. The standard InChI is InChI=1S/C17H19NO2/c1-12-4-5-13-10-14(6-7-15(13)18-12)16(19)11-17(20-2)8-3-9-17/h4-7,10H,3,8-9,11H2,1-2H3. The van der Waals surface area contributed by atoms with Gasteiger partial charge in [-0.15, -0.1) is 0 Å². The van der Waals surface area contributed by atoms with E-state index in [1.165, 1.54) is 0 Å². The number of nitrogens with zero attached hydrogens (tertiary/aromatic N) is 1. The Kier molecular flexibility index (Phi) is 3.30. The third kappa shape index (κ3) is 2.34. The predicted molar refractivity (Wildman–Crippen MR) is 79.0 cm³/mol. The van der Waals surface area contributed by atoms with Crippen molar-refractivity contribution in [2.75, 3.05) is 7.11 Å². The highest BCUT2D eigenvalue weighted by molar-refractivity contribution is 6.00. The van der Waals surface area contributed by atoms with Gasteiger partial charge in [-0.2, -0.15) is 0 Å². The van der Waals surface area contributed by atoms with Crippen molar-refractivity contribution < 1.29 is 9.53 Å². The molecule has 0 unspecified atom stereocenters. The summed E-state index contributed by atoms with van der Waals surface area (Å²) in [5.74, 6) is 0.161. The summed E-state index contributed by atoms with van der Waals surface area (Å²) in [6.07, 6.45) is 3.61. The molecule has 1 aromatic carbocycles. The molecule has 2 aromatic rings. The van der Waals surface area contributed by atoms with Crippen LogP contribution in [-0.2, 0) is 4.74 Å². The van der Waals surface area contributed by atoms with Crippen LogP contribution in [0.5, 0.6) is 0 Å². The van der Waals surface area contributed by atoms with Crippen LogP contribution in [-0.4, -0.2) is 23.5 Å². The summed E-state index contributed by atoms with van der Waals surface area (Å²) in [6.45, 7) is 1.97. The summed E-state index contributed by atoms with van der Waals surface area (Å²) in [4.78, 5) is 16.9. The van der Waals surface area contributed by atoms with E-state index in [9.17, 15) is 4.79 Å². The molecule has 0 bridgehead atoms. The van der Waals surface area contributed by atoms with Crippen molar-refractivity contribution in [3.63, 3.8) is 0 Å². The second-order valence-electron chi connectivity index (χ2n) is 5.70. The molecular weight excluding hydrogens is 250 g/mol. The quantitative estimate of drug-likeness (QED) is 0.795. The van der Waals surface area contributed by atoms with Crippen LogP contribution in [0.25, 0.3) is 10.9 Å². The molecule has 1 saturated carbocycles. The summed E-state index contributed by atoms with van der Waals surface area (Å²) in [6, 6.07) is 9.73. The first-order valence-electron chi connectivity index (χ1n) is 7.08. The maximum absolute atomic E-state index is 12.4. The minimum atomic E-state index is -0.211. The Bertz CT molecular complexity index is 654. The monoisotopic (exact) mass is 269 g/mol. The van der Waals surface area contributed by atoms with Gasteiger partial charge in [0.15, 0.2) is 5.78 Å². The first-order valence-corrected chi connectivity index (χ1v) is 7.08. The van der Waals surface area contributed by atoms with Gasteiger partial charge in [0, 0.05) is 30.2 Å². The fourth-order valence-corrected chi connectivity index (χ4v) is 2.82. The molecular formula is C17H19NO2. The number of benzene rings is 1. The zero-order valence-corrected chi connectivity index (χ0v) is 12.0. The first kappa shape index (κ1) is 13.3. The highest BCUT2D eigenvalue weighted by Crippen LogP contribution is 2.38. The van der Waals surface area contributed by atoms with Crippen LogP contribution in [0.15, 0.2) is 30.3 Å². The van der Waals surface area contributed by atoms with E-state index in [4.69, 9.17) is 4.74 Å². The van der Waals surface area contributed by atoms with Gasteiger partial charge in [0.2, 0.25) is 0 Å². The van der Waals surface area contributed by atoms with Gasteiger partial charge >= 0.3 is 0 Å². The Labute approximate surface area is 119 Å². The molecule has 0 amide bonds. The van der Waals surface area contributed by atoms with Crippen LogP contribution >= 0.6 is 0 Å². The fraction of sp³-hybridized carbons (Fsp3) is 0.412. The molecule has 3 heteroatoms. The average molecular weight is 269 g/mol. The summed E-state index contributed by atoms with van der Waals surface area (Å²) in [5, 5.41) is 1.02. The van der Waals surface area contributed by atoms with Crippen molar-refractivity contribution in [2.24, 2.45) is 0 Å². The van der Waals surface area contributed by atoms with E-state index in [2.05, 4.69) is 4.98 Å². The van der Waals surface area contributed by atoms with E-state index in [0.717, 1.165) is 41.4 Å². The molecule has 0 radical (unpaired) electrons. The van der Waals surface area contributed by atoms with E-state index in [-0.39, 0.29) is 11.4 Å². The number of ether oxygens (including phenoxy) is 1. The molecule has 1 aromatic heterocycles. The second kappa shape index (κ2) is 4.98. The molecule has 3 nitrogen and oxygen atoms in total. The van der Waals surface area contributed by atoms with E-state index in [1.807, 2.05) is 37.3 Å². The van der Waals surface area contributed by atoms with Gasteiger partial charge < -0.3 is 4.74 Å². The van der Waals surface area contributed by atoms with Crippen LogP contribution in [0.1, 0.15) is 41.7 Å². The molecule has 1 aliphatic rings. The minimum Gasteiger partial charge on any atom is -0.378 e. The van der Waals surface area contributed by atoms with Crippen molar-refractivity contribution >= 4 is 16.7 Å². The molecule has 0 aliphatic heterocycles. The van der Waals surface area contributed by atoms with E-state index in [0.29, 0.717) is 6.42 Å².